The summed E-state index contributed by atoms with van der Waals surface area (Å²) < 4.78 is 5.60. The summed E-state index contributed by atoms with van der Waals surface area (Å²) in [7, 11) is 0. The quantitative estimate of drug-likeness (QED) is 0.686. The number of aromatic nitrogens is 2. The number of amides is 1. The molecular formula is C17H15N3O2S2. The molecule has 0 unspecified atom stereocenters. The molecule has 0 saturated carbocycles. The van der Waals surface area contributed by atoms with Crippen LogP contribution in [0.1, 0.15) is 4.88 Å². The van der Waals surface area contributed by atoms with E-state index in [1.807, 2.05) is 23.6 Å². The second kappa shape index (κ2) is 8.47. The monoisotopic (exact) mass is 357 g/mol. The van der Waals surface area contributed by atoms with Gasteiger partial charge in [-0.3, -0.25) is 9.78 Å². The summed E-state index contributed by atoms with van der Waals surface area (Å²) >= 11 is 3.30. The van der Waals surface area contributed by atoms with Crippen molar-refractivity contribution in [3.8, 4) is 11.6 Å². The first-order valence-electron chi connectivity index (χ1n) is 7.23. The van der Waals surface area contributed by atoms with Crippen LogP contribution >= 0.6 is 23.1 Å². The van der Waals surface area contributed by atoms with E-state index in [2.05, 4.69) is 21.4 Å². The lowest BCUT2D eigenvalue weighted by molar-refractivity contribution is -0.113. The van der Waals surface area contributed by atoms with Gasteiger partial charge in [-0.15, -0.1) is 23.1 Å². The van der Waals surface area contributed by atoms with Gasteiger partial charge in [0.2, 0.25) is 11.8 Å². The van der Waals surface area contributed by atoms with Crippen LogP contribution < -0.4 is 10.1 Å². The SMILES string of the molecule is O=C(CSCc1cccs1)Nc1cccc(Oc2cnccn2)c1. The van der Waals surface area contributed by atoms with Crippen LogP contribution in [0.25, 0.3) is 0 Å². The summed E-state index contributed by atoms with van der Waals surface area (Å²) in [6.45, 7) is 0. The minimum atomic E-state index is -0.0341. The highest BCUT2D eigenvalue weighted by molar-refractivity contribution is 7.99. The minimum Gasteiger partial charge on any atom is -0.437 e. The summed E-state index contributed by atoms with van der Waals surface area (Å²) in [5.41, 5.74) is 0.693. The van der Waals surface area contributed by atoms with Crippen molar-refractivity contribution in [3.05, 3.63) is 65.2 Å². The second-order valence-electron chi connectivity index (χ2n) is 4.79. The van der Waals surface area contributed by atoms with E-state index in [0.29, 0.717) is 23.1 Å². The van der Waals surface area contributed by atoms with Crippen molar-refractivity contribution in [2.45, 2.75) is 5.75 Å². The molecule has 5 nitrogen and oxygen atoms in total. The van der Waals surface area contributed by atoms with E-state index in [-0.39, 0.29) is 5.91 Å². The van der Waals surface area contributed by atoms with E-state index in [9.17, 15) is 4.79 Å². The van der Waals surface area contributed by atoms with E-state index in [0.717, 1.165) is 5.75 Å². The standard InChI is InChI=1S/C17H15N3O2S2/c21-16(12-23-11-15-5-2-8-24-15)20-13-3-1-4-14(9-13)22-17-10-18-6-7-19-17/h1-10H,11-12H2,(H,20,21). The molecule has 0 aliphatic rings. The Balaban J connectivity index is 1.51. The third kappa shape index (κ3) is 5.07. The highest BCUT2D eigenvalue weighted by Crippen LogP contribution is 2.22. The first kappa shape index (κ1) is 16.5. The summed E-state index contributed by atoms with van der Waals surface area (Å²) in [5, 5.41) is 4.92. The molecule has 1 aromatic carbocycles. The molecule has 122 valence electrons. The van der Waals surface area contributed by atoms with Crippen molar-refractivity contribution in [1.82, 2.24) is 9.97 Å². The Morgan fingerprint density at radius 2 is 2.21 bits per heavy atom. The topological polar surface area (TPSA) is 64.1 Å². The molecule has 7 heteroatoms. The molecule has 0 spiro atoms. The first-order chi connectivity index (χ1) is 11.8. The molecule has 0 aliphatic heterocycles. The van der Waals surface area contributed by atoms with Gasteiger partial charge in [-0.05, 0) is 23.6 Å². The molecular weight excluding hydrogens is 342 g/mol. The maximum absolute atomic E-state index is 12.0. The second-order valence-corrected chi connectivity index (χ2v) is 6.81. The Hall–Kier alpha value is -2.38. The van der Waals surface area contributed by atoms with Gasteiger partial charge in [0.25, 0.3) is 0 Å². The predicted octanol–water partition coefficient (Wildman–Crippen LogP) is 4.20. The summed E-state index contributed by atoms with van der Waals surface area (Å²) in [4.78, 5) is 21.3. The van der Waals surface area contributed by atoms with Crippen LogP contribution in [0.5, 0.6) is 11.6 Å². The molecule has 0 bridgehead atoms. The predicted molar refractivity (Wildman–Crippen MR) is 97.7 cm³/mol. The van der Waals surface area contributed by atoms with Crippen molar-refractivity contribution in [1.29, 1.82) is 0 Å². The molecule has 3 rings (SSSR count). The molecule has 0 radical (unpaired) electrons. The number of carbonyl (C=O) groups excluding carboxylic acids is 1. The highest BCUT2D eigenvalue weighted by Gasteiger charge is 2.05. The molecule has 24 heavy (non-hydrogen) atoms. The molecule has 0 saturated heterocycles. The van der Waals surface area contributed by atoms with Crippen LogP contribution in [-0.4, -0.2) is 21.6 Å². The van der Waals surface area contributed by atoms with Crippen LogP contribution in [0.4, 0.5) is 5.69 Å². The number of carbonyl (C=O) groups is 1. The van der Waals surface area contributed by atoms with Gasteiger partial charge in [0.1, 0.15) is 5.75 Å². The number of nitrogens with one attached hydrogen (secondary N) is 1. The van der Waals surface area contributed by atoms with Gasteiger partial charge in [0, 0.05) is 34.8 Å². The van der Waals surface area contributed by atoms with Gasteiger partial charge >= 0.3 is 0 Å². The van der Waals surface area contributed by atoms with Crippen molar-refractivity contribution in [2.24, 2.45) is 0 Å². The number of thioether (sulfide) groups is 1. The van der Waals surface area contributed by atoms with Gasteiger partial charge in [0.15, 0.2) is 0 Å². The summed E-state index contributed by atoms with van der Waals surface area (Å²) in [6, 6.07) is 11.3. The Labute approximate surface area is 148 Å². The largest absolute Gasteiger partial charge is 0.437 e. The number of ether oxygens (including phenoxy) is 1. The van der Waals surface area contributed by atoms with Crippen LogP contribution in [0, 0.1) is 0 Å². The van der Waals surface area contributed by atoms with E-state index >= 15 is 0 Å². The van der Waals surface area contributed by atoms with Gasteiger partial charge in [-0.25, -0.2) is 4.98 Å². The maximum Gasteiger partial charge on any atom is 0.237 e. The highest BCUT2D eigenvalue weighted by atomic mass is 32.2. The number of hydrogen-bond donors (Lipinski definition) is 1. The van der Waals surface area contributed by atoms with Gasteiger partial charge < -0.3 is 10.1 Å². The van der Waals surface area contributed by atoms with E-state index in [1.54, 1.807) is 47.6 Å². The van der Waals surface area contributed by atoms with Crippen LogP contribution in [0.15, 0.2) is 60.4 Å². The average Bonchev–Trinajstić information content (AvgIpc) is 3.09. The molecule has 2 aromatic heterocycles. The fraction of sp³-hybridized carbons (Fsp3) is 0.118. The zero-order valence-corrected chi connectivity index (χ0v) is 14.3. The molecule has 0 fully saturated rings. The Bertz CT molecular complexity index is 780. The summed E-state index contributed by atoms with van der Waals surface area (Å²) in [5.74, 6) is 2.23. The number of nitrogens with zero attached hydrogens (tertiary/aromatic N) is 2. The minimum absolute atomic E-state index is 0.0341. The third-order valence-electron chi connectivity index (χ3n) is 2.94. The van der Waals surface area contributed by atoms with Crippen LogP contribution in [-0.2, 0) is 10.5 Å². The lowest BCUT2D eigenvalue weighted by atomic mass is 10.3. The lowest BCUT2D eigenvalue weighted by Crippen LogP contribution is -2.14. The summed E-state index contributed by atoms with van der Waals surface area (Å²) in [6.07, 6.45) is 4.68. The van der Waals surface area contributed by atoms with Crippen LogP contribution in [0.3, 0.4) is 0 Å². The van der Waals surface area contributed by atoms with Crippen molar-refractivity contribution < 1.29 is 9.53 Å². The zero-order chi connectivity index (χ0) is 16.6. The zero-order valence-electron chi connectivity index (χ0n) is 12.7. The Morgan fingerprint density at radius 3 is 3.00 bits per heavy atom. The van der Waals surface area contributed by atoms with Crippen molar-refractivity contribution in [2.75, 3.05) is 11.1 Å². The normalized spacial score (nSPS) is 10.3. The molecule has 0 atom stereocenters. The van der Waals surface area contributed by atoms with E-state index in [1.165, 1.54) is 11.1 Å². The molecule has 1 N–H and O–H groups in total. The van der Waals surface area contributed by atoms with Gasteiger partial charge in [-0.1, -0.05) is 12.1 Å². The fourth-order valence-electron chi connectivity index (χ4n) is 1.93. The smallest absolute Gasteiger partial charge is 0.237 e. The van der Waals surface area contributed by atoms with Crippen molar-refractivity contribution >= 4 is 34.7 Å². The molecule has 3 aromatic rings. The van der Waals surface area contributed by atoms with Crippen molar-refractivity contribution in [3.63, 3.8) is 0 Å². The molecule has 0 aliphatic carbocycles. The number of hydrogen-bond acceptors (Lipinski definition) is 6. The van der Waals surface area contributed by atoms with Crippen LogP contribution in [0.2, 0.25) is 0 Å². The lowest BCUT2D eigenvalue weighted by Gasteiger charge is -2.08. The van der Waals surface area contributed by atoms with E-state index in [4.69, 9.17) is 4.74 Å². The maximum atomic E-state index is 12.0. The van der Waals surface area contributed by atoms with Gasteiger partial charge in [-0.2, -0.15) is 0 Å². The van der Waals surface area contributed by atoms with Gasteiger partial charge in [0.05, 0.1) is 11.9 Å². The number of thiophene rings is 1. The number of rotatable bonds is 7. The molecule has 1 amide bonds. The average molecular weight is 357 g/mol. The fourth-order valence-corrected chi connectivity index (χ4v) is 3.60. The number of benzene rings is 1. The first-order valence-corrected chi connectivity index (χ1v) is 9.27. The number of anilines is 1. The Kier molecular flexibility index (Phi) is 5.81. The third-order valence-corrected chi connectivity index (χ3v) is 4.98. The molecule has 2 heterocycles. The Morgan fingerprint density at radius 1 is 1.25 bits per heavy atom. The van der Waals surface area contributed by atoms with E-state index < -0.39 is 0 Å².